The largest absolute Gasteiger partial charge is 0.489 e. The Labute approximate surface area is 185 Å². The fourth-order valence-electron chi connectivity index (χ4n) is 3.02. The Kier molecular flexibility index (Phi) is 6.96. The third-order valence-corrected chi connectivity index (χ3v) is 5.73. The first kappa shape index (κ1) is 23.2. The number of pyridine rings is 1. The first-order valence-electron chi connectivity index (χ1n) is 9.89. The fraction of sp³-hybridized carbons (Fsp3) is 0.292. The minimum Gasteiger partial charge on any atom is -0.489 e. The van der Waals surface area contributed by atoms with Gasteiger partial charge in [0.15, 0.2) is 0 Å². The third kappa shape index (κ3) is 6.02. The SMILES string of the molecule is CC(C)Oc1cnccc1-c1cccc(C(C)(C)NSc2cccc(C(F)(F)F)c2)c1. The first-order valence-corrected chi connectivity index (χ1v) is 10.7. The van der Waals surface area contributed by atoms with Crippen LogP contribution in [-0.2, 0) is 11.7 Å². The normalized spacial score (nSPS) is 12.3. The van der Waals surface area contributed by atoms with Crippen molar-refractivity contribution in [1.82, 2.24) is 9.71 Å². The second kappa shape index (κ2) is 9.32. The lowest BCUT2D eigenvalue weighted by atomic mass is 9.92. The van der Waals surface area contributed by atoms with E-state index >= 15 is 0 Å². The zero-order chi connectivity index (χ0) is 22.6. The minimum absolute atomic E-state index is 0.0214. The van der Waals surface area contributed by atoms with Crippen LogP contribution in [-0.4, -0.2) is 11.1 Å². The van der Waals surface area contributed by atoms with E-state index in [1.807, 2.05) is 52.0 Å². The van der Waals surface area contributed by atoms with Crippen molar-refractivity contribution in [1.29, 1.82) is 0 Å². The van der Waals surface area contributed by atoms with Gasteiger partial charge in [0.2, 0.25) is 0 Å². The van der Waals surface area contributed by atoms with E-state index in [2.05, 4.69) is 15.8 Å². The van der Waals surface area contributed by atoms with Gasteiger partial charge in [-0.3, -0.25) is 4.98 Å². The molecule has 0 bridgehead atoms. The van der Waals surface area contributed by atoms with Crippen molar-refractivity contribution in [2.45, 2.75) is 50.4 Å². The predicted molar refractivity (Wildman–Crippen MR) is 119 cm³/mol. The van der Waals surface area contributed by atoms with Crippen LogP contribution in [0, 0.1) is 0 Å². The van der Waals surface area contributed by atoms with Gasteiger partial charge in [0.25, 0.3) is 0 Å². The molecular formula is C24H25F3N2OS. The molecule has 1 heterocycles. The van der Waals surface area contributed by atoms with Crippen molar-refractivity contribution >= 4 is 11.9 Å². The van der Waals surface area contributed by atoms with E-state index in [1.165, 1.54) is 18.0 Å². The van der Waals surface area contributed by atoms with E-state index in [-0.39, 0.29) is 6.10 Å². The van der Waals surface area contributed by atoms with Gasteiger partial charge in [0, 0.05) is 22.2 Å². The average Bonchev–Trinajstić information content (AvgIpc) is 2.72. The quantitative estimate of drug-likeness (QED) is 0.393. The monoisotopic (exact) mass is 446 g/mol. The van der Waals surface area contributed by atoms with Crippen LogP contribution in [0.2, 0.25) is 0 Å². The highest BCUT2D eigenvalue weighted by Crippen LogP contribution is 2.35. The number of aromatic nitrogens is 1. The smallest absolute Gasteiger partial charge is 0.416 e. The number of alkyl halides is 3. The molecule has 31 heavy (non-hydrogen) atoms. The van der Waals surface area contributed by atoms with Crippen LogP contribution in [0.25, 0.3) is 11.1 Å². The summed E-state index contributed by atoms with van der Waals surface area (Å²) in [6, 6.07) is 15.2. The second-order valence-electron chi connectivity index (χ2n) is 7.97. The lowest BCUT2D eigenvalue weighted by Gasteiger charge is -2.27. The number of ether oxygens (including phenoxy) is 1. The molecule has 7 heteroatoms. The van der Waals surface area contributed by atoms with Crippen LogP contribution < -0.4 is 9.46 Å². The molecule has 1 aromatic heterocycles. The molecule has 0 fully saturated rings. The Balaban J connectivity index is 1.82. The van der Waals surface area contributed by atoms with Gasteiger partial charge in [-0.1, -0.05) is 24.3 Å². The maximum atomic E-state index is 13.0. The molecule has 0 atom stereocenters. The summed E-state index contributed by atoms with van der Waals surface area (Å²) in [6.45, 7) is 7.91. The van der Waals surface area contributed by atoms with Gasteiger partial charge in [-0.15, -0.1) is 0 Å². The van der Waals surface area contributed by atoms with Gasteiger partial charge in [-0.25, -0.2) is 4.72 Å². The van der Waals surface area contributed by atoms with Crippen LogP contribution in [0.4, 0.5) is 13.2 Å². The molecule has 0 aliphatic carbocycles. The summed E-state index contributed by atoms with van der Waals surface area (Å²) in [4.78, 5) is 4.66. The topological polar surface area (TPSA) is 34.1 Å². The molecular weight excluding hydrogens is 421 g/mol. The van der Waals surface area contributed by atoms with Gasteiger partial charge in [-0.05, 0) is 81.1 Å². The molecule has 3 rings (SSSR count). The van der Waals surface area contributed by atoms with Crippen LogP contribution in [0.5, 0.6) is 5.75 Å². The summed E-state index contributed by atoms with van der Waals surface area (Å²) in [5.41, 5.74) is 1.76. The molecule has 3 aromatic rings. The molecule has 0 spiro atoms. The number of halogens is 3. The van der Waals surface area contributed by atoms with Gasteiger partial charge in [0.05, 0.1) is 17.9 Å². The molecule has 0 saturated carbocycles. The number of benzene rings is 2. The van der Waals surface area contributed by atoms with Gasteiger partial charge >= 0.3 is 6.18 Å². The maximum Gasteiger partial charge on any atom is 0.416 e. The van der Waals surface area contributed by atoms with E-state index < -0.39 is 17.3 Å². The molecule has 0 aliphatic rings. The van der Waals surface area contributed by atoms with Crippen molar-refractivity contribution in [3.8, 4) is 16.9 Å². The minimum atomic E-state index is -4.36. The Morgan fingerprint density at radius 2 is 1.68 bits per heavy atom. The number of rotatable bonds is 7. The predicted octanol–water partition coefficient (Wildman–Crippen LogP) is 7.09. The van der Waals surface area contributed by atoms with Crippen LogP contribution in [0.15, 0.2) is 71.9 Å². The Morgan fingerprint density at radius 3 is 2.39 bits per heavy atom. The van der Waals surface area contributed by atoms with Crippen molar-refractivity contribution < 1.29 is 17.9 Å². The van der Waals surface area contributed by atoms with Crippen LogP contribution in [0.3, 0.4) is 0 Å². The van der Waals surface area contributed by atoms with Gasteiger partial charge in [0.1, 0.15) is 5.75 Å². The van der Waals surface area contributed by atoms with Gasteiger partial charge < -0.3 is 4.74 Å². The molecule has 2 aromatic carbocycles. The van der Waals surface area contributed by atoms with Crippen molar-refractivity contribution in [2.75, 3.05) is 0 Å². The summed E-state index contributed by atoms with van der Waals surface area (Å²) >= 11 is 1.18. The van der Waals surface area contributed by atoms with Gasteiger partial charge in [-0.2, -0.15) is 13.2 Å². The highest BCUT2D eigenvalue weighted by molar-refractivity contribution is 7.97. The average molecular weight is 447 g/mol. The standard InChI is InChI=1S/C24H25F3N2OS/c1-16(2)30-22-15-28-12-11-21(22)17-7-5-8-18(13-17)23(3,4)29-31-20-10-6-9-19(14-20)24(25,26)27/h5-16,29H,1-4H3. The Hall–Kier alpha value is -2.51. The lowest BCUT2D eigenvalue weighted by molar-refractivity contribution is -0.137. The number of hydrogen-bond acceptors (Lipinski definition) is 4. The van der Waals surface area contributed by atoms with Crippen molar-refractivity contribution in [3.63, 3.8) is 0 Å². The molecule has 0 unspecified atom stereocenters. The van der Waals surface area contributed by atoms with Crippen molar-refractivity contribution in [2.24, 2.45) is 0 Å². The highest BCUT2D eigenvalue weighted by atomic mass is 32.2. The Bertz CT molecular complexity index is 1040. The van der Waals surface area contributed by atoms with E-state index in [1.54, 1.807) is 18.5 Å². The zero-order valence-corrected chi connectivity index (χ0v) is 18.6. The van der Waals surface area contributed by atoms with E-state index in [9.17, 15) is 13.2 Å². The molecule has 0 saturated heterocycles. The third-order valence-electron chi connectivity index (χ3n) is 4.63. The van der Waals surface area contributed by atoms with Crippen molar-refractivity contribution in [3.05, 3.63) is 78.1 Å². The summed E-state index contributed by atoms with van der Waals surface area (Å²) in [6.07, 6.45) is -0.911. The molecule has 0 radical (unpaired) electrons. The summed E-state index contributed by atoms with van der Waals surface area (Å²) < 4.78 is 48.1. The lowest BCUT2D eigenvalue weighted by Crippen LogP contribution is -2.31. The van der Waals surface area contributed by atoms with Crippen LogP contribution >= 0.6 is 11.9 Å². The second-order valence-corrected chi connectivity index (χ2v) is 8.85. The Morgan fingerprint density at radius 1 is 0.968 bits per heavy atom. The van der Waals surface area contributed by atoms with E-state index in [0.29, 0.717) is 10.6 Å². The highest BCUT2D eigenvalue weighted by Gasteiger charge is 2.30. The number of nitrogens with one attached hydrogen (secondary N) is 1. The number of hydrogen-bond donors (Lipinski definition) is 1. The fourth-order valence-corrected chi connectivity index (χ4v) is 3.85. The zero-order valence-electron chi connectivity index (χ0n) is 17.8. The molecule has 164 valence electrons. The molecule has 3 nitrogen and oxygen atoms in total. The molecule has 1 N–H and O–H groups in total. The van der Waals surface area contributed by atoms with Crippen LogP contribution in [0.1, 0.15) is 38.8 Å². The summed E-state index contributed by atoms with van der Waals surface area (Å²) in [7, 11) is 0. The maximum absolute atomic E-state index is 13.0. The number of nitrogens with zero attached hydrogens (tertiary/aromatic N) is 1. The first-order chi connectivity index (χ1) is 14.6. The van der Waals surface area contributed by atoms with E-state index in [0.717, 1.165) is 28.8 Å². The summed E-state index contributed by atoms with van der Waals surface area (Å²) in [5.74, 6) is 0.707. The molecule has 0 aliphatic heterocycles. The molecule has 0 amide bonds. The van der Waals surface area contributed by atoms with E-state index in [4.69, 9.17) is 4.74 Å². The summed E-state index contributed by atoms with van der Waals surface area (Å²) in [5, 5.41) is 0.